The third-order valence-corrected chi connectivity index (χ3v) is 4.00. The molecule has 0 radical (unpaired) electrons. The van der Waals surface area contributed by atoms with Crippen LogP contribution in [0.15, 0.2) is 0 Å². The summed E-state index contributed by atoms with van der Waals surface area (Å²) >= 11 is 0. The van der Waals surface area contributed by atoms with Gasteiger partial charge in [0.15, 0.2) is 0 Å². The molecule has 0 aromatic heterocycles. The first-order chi connectivity index (χ1) is 7.30. The van der Waals surface area contributed by atoms with Gasteiger partial charge < -0.3 is 15.2 Å². The number of rotatable bonds is 6. The lowest BCUT2D eigenvalue weighted by atomic mass is 9.71. The summed E-state index contributed by atoms with van der Waals surface area (Å²) in [6.07, 6.45) is 6.89. The average Bonchev–Trinajstić information content (AvgIpc) is 2.85. The average molecular weight is 213 g/mol. The molecule has 2 bridgehead atoms. The van der Waals surface area contributed by atoms with Crippen LogP contribution < -0.4 is 5.73 Å². The summed E-state index contributed by atoms with van der Waals surface area (Å²) in [7, 11) is 0. The van der Waals surface area contributed by atoms with Crippen molar-refractivity contribution in [1.82, 2.24) is 0 Å². The van der Waals surface area contributed by atoms with Crippen LogP contribution in [0.2, 0.25) is 0 Å². The Balaban J connectivity index is 1.81. The monoisotopic (exact) mass is 213 g/mol. The summed E-state index contributed by atoms with van der Waals surface area (Å²) in [6.45, 7) is 4.51. The van der Waals surface area contributed by atoms with Gasteiger partial charge in [0, 0.05) is 25.2 Å². The second kappa shape index (κ2) is 4.81. The highest BCUT2D eigenvalue weighted by atomic mass is 16.5. The largest absolute Gasteiger partial charge is 0.382 e. The van der Waals surface area contributed by atoms with Gasteiger partial charge in [0.05, 0.1) is 12.2 Å². The highest BCUT2D eigenvalue weighted by Gasteiger charge is 2.50. The lowest BCUT2D eigenvalue weighted by molar-refractivity contribution is 0.0527. The summed E-state index contributed by atoms with van der Waals surface area (Å²) in [5, 5.41) is 0. The zero-order chi connectivity index (χ0) is 10.7. The number of ether oxygens (including phenoxy) is 2. The molecule has 3 nitrogen and oxygen atoms in total. The maximum absolute atomic E-state index is 5.95. The molecule has 88 valence electrons. The van der Waals surface area contributed by atoms with Gasteiger partial charge in [-0.3, -0.25) is 0 Å². The van der Waals surface area contributed by atoms with Crippen molar-refractivity contribution in [2.45, 2.75) is 51.2 Å². The minimum Gasteiger partial charge on any atom is -0.382 e. The Kier molecular flexibility index (Phi) is 3.65. The first-order valence-corrected chi connectivity index (χ1v) is 6.24. The quantitative estimate of drug-likeness (QED) is 0.683. The van der Waals surface area contributed by atoms with Crippen LogP contribution in [0, 0.1) is 5.41 Å². The molecule has 2 rings (SSSR count). The van der Waals surface area contributed by atoms with E-state index in [-0.39, 0.29) is 5.41 Å². The van der Waals surface area contributed by atoms with Crippen LogP contribution >= 0.6 is 0 Å². The molecule has 3 atom stereocenters. The maximum Gasteiger partial charge on any atom is 0.0649 e. The van der Waals surface area contributed by atoms with E-state index < -0.39 is 0 Å². The van der Waals surface area contributed by atoms with Crippen LogP contribution in [0.3, 0.4) is 0 Å². The topological polar surface area (TPSA) is 44.5 Å². The molecule has 0 aliphatic carbocycles. The Morgan fingerprint density at radius 3 is 2.87 bits per heavy atom. The molecule has 2 aliphatic heterocycles. The summed E-state index contributed by atoms with van der Waals surface area (Å²) in [5.74, 6) is 0. The lowest BCUT2D eigenvalue weighted by Crippen LogP contribution is -2.39. The zero-order valence-corrected chi connectivity index (χ0v) is 9.71. The second-order valence-corrected chi connectivity index (χ2v) is 4.90. The standard InChI is InChI=1S/C12H23NO2/c1-2-14-7-3-6-12(9-13)8-10-4-5-11(12)15-10/h10-11H,2-9,13H2,1H3. The van der Waals surface area contributed by atoms with Crippen molar-refractivity contribution >= 4 is 0 Å². The molecular weight excluding hydrogens is 190 g/mol. The van der Waals surface area contributed by atoms with E-state index in [1.165, 1.54) is 25.7 Å². The molecule has 15 heavy (non-hydrogen) atoms. The fourth-order valence-electron chi connectivity index (χ4n) is 3.14. The molecule has 2 saturated heterocycles. The van der Waals surface area contributed by atoms with Crippen molar-refractivity contribution in [2.24, 2.45) is 11.1 Å². The van der Waals surface area contributed by atoms with Gasteiger partial charge in [-0.2, -0.15) is 0 Å². The van der Waals surface area contributed by atoms with Gasteiger partial charge in [0.2, 0.25) is 0 Å². The Bertz CT molecular complexity index is 210. The molecule has 3 unspecified atom stereocenters. The van der Waals surface area contributed by atoms with Crippen LogP contribution in [-0.2, 0) is 9.47 Å². The molecule has 0 amide bonds. The summed E-state index contributed by atoms with van der Waals surface area (Å²) in [4.78, 5) is 0. The molecule has 2 N–H and O–H groups in total. The molecule has 2 aliphatic rings. The normalized spacial score (nSPS) is 38.8. The van der Waals surface area contributed by atoms with E-state index in [0.29, 0.717) is 12.2 Å². The van der Waals surface area contributed by atoms with Gasteiger partial charge in [-0.05, 0) is 39.0 Å². The Morgan fingerprint density at radius 1 is 1.47 bits per heavy atom. The van der Waals surface area contributed by atoms with Crippen LogP contribution in [0.5, 0.6) is 0 Å². The Morgan fingerprint density at radius 2 is 2.33 bits per heavy atom. The first kappa shape index (κ1) is 11.4. The minimum absolute atomic E-state index is 0.278. The fourth-order valence-corrected chi connectivity index (χ4v) is 3.14. The number of fused-ring (bicyclic) bond motifs is 2. The van der Waals surface area contributed by atoms with E-state index in [2.05, 4.69) is 0 Å². The number of hydrogen-bond acceptors (Lipinski definition) is 3. The van der Waals surface area contributed by atoms with Crippen LogP contribution in [0.25, 0.3) is 0 Å². The van der Waals surface area contributed by atoms with Gasteiger partial charge in [-0.25, -0.2) is 0 Å². The predicted octanol–water partition coefficient (Wildman–Crippen LogP) is 1.70. The van der Waals surface area contributed by atoms with Gasteiger partial charge in [0.25, 0.3) is 0 Å². The van der Waals surface area contributed by atoms with Gasteiger partial charge in [-0.15, -0.1) is 0 Å². The molecule has 0 spiro atoms. The van der Waals surface area contributed by atoms with Crippen molar-refractivity contribution in [3.8, 4) is 0 Å². The minimum atomic E-state index is 0.278. The SMILES string of the molecule is CCOCCCC1(CN)CC2CCC1O2. The van der Waals surface area contributed by atoms with E-state index in [0.717, 1.165) is 26.2 Å². The number of hydrogen-bond donors (Lipinski definition) is 1. The highest BCUT2D eigenvalue weighted by Crippen LogP contribution is 2.49. The zero-order valence-electron chi connectivity index (χ0n) is 9.71. The third kappa shape index (κ3) is 2.19. The van der Waals surface area contributed by atoms with E-state index in [9.17, 15) is 0 Å². The Labute approximate surface area is 92.3 Å². The molecule has 2 fully saturated rings. The van der Waals surface area contributed by atoms with E-state index in [1.807, 2.05) is 6.92 Å². The van der Waals surface area contributed by atoms with E-state index in [4.69, 9.17) is 15.2 Å². The van der Waals surface area contributed by atoms with Gasteiger partial charge >= 0.3 is 0 Å². The fraction of sp³-hybridized carbons (Fsp3) is 1.00. The van der Waals surface area contributed by atoms with E-state index in [1.54, 1.807) is 0 Å². The molecule has 0 aromatic carbocycles. The molecule has 2 heterocycles. The summed E-state index contributed by atoms with van der Waals surface area (Å²) in [6, 6.07) is 0. The van der Waals surface area contributed by atoms with Crippen molar-refractivity contribution < 1.29 is 9.47 Å². The van der Waals surface area contributed by atoms with Gasteiger partial charge in [0.1, 0.15) is 0 Å². The van der Waals surface area contributed by atoms with Crippen molar-refractivity contribution in [3.63, 3.8) is 0 Å². The van der Waals surface area contributed by atoms with Crippen molar-refractivity contribution in [1.29, 1.82) is 0 Å². The van der Waals surface area contributed by atoms with Gasteiger partial charge in [-0.1, -0.05) is 0 Å². The molecule has 0 aromatic rings. The van der Waals surface area contributed by atoms with Crippen molar-refractivity contribution in [3.05, 3.63) is 0 Å². The summed E-state index contributed by atoms with van der Waals surface area (Å²) in [5.41, 5.74) is 6.23. The third-order valence-electron chi connectivity index (χ3n) is 4.00. The predicted molar refractivity (Wildman–Crippen MR) is 59.7 cm³/mol. The molecule has 3 heteroatoms. The van der Waals surface area contributed by atoms with Crippen molar-refractivity contribution in [2.75, 3.05) is 19.8 Å². The highest BCUT2D eigenvalue weighted by molar-refractivity contribution is 5.00. The van der Waals surface area contributed by atoms with Crippen LogP contribution in [0.1, 0.15) is 39.0 Å². The molecular formula is C12H23NO2. The molecule has 0 saturated carbocycles. The van der Waals surface area contributed by atoms with Crippen LogP contribution in [-0.4, -0.2) is 32.0 Å². The maximum atomic E-state index is 5.95. The Hall–Kier alpha value is -0.120. The van der Waals surface area contributed by atoms with Crippen LogP contribution in [0.4, 0.5) is 0 Å². The first-order valence-electron chi connectivity index (χ1n) is 6.24. The lowest BCUT2D eigenvalue weighted by Gasteiger charge is -2.34. The second-order valence-electron chi connectivity index (χ2n) is 4.90. The smallest absolute Gasteiger partial charge is 0.0649 e. The van der Waals surface area contributed by atoms with E-state index >= 15 is 0 Å². The number of nitrogens with two attached hydrogens (primary N) is 1. The summed E-state index contributed by atoms with van der Waals surface area (Å²) < 4.78 is 11.3.